The van der Waals surface area contributed by atoms with Crippen LogP contribution in [0.15, 0.2) is 9.59 Å². The molecule has 2 saturated heterocycles. The number of nitrogens with zero attached hydrogens (tertiary/aromatic N) is 2. The third-order valence-electron chi connectivity index (χ3n) is 5.20. The molecule has 2 aliphatic rings. The van der Waals surface area contributed by atoms with Gasteiger partial charge < -0.3 is 19.5 Å². The number of hydrogen-bond acceptors (Lipinski definition) is 5. The van der Waals surface area contributed by atoms with E-state index in [1.807, 2.05) is 0 Å². The van der Waals surface area contributed by atoms with Gasteiger partial charge in [0.25, 0.3) is 5.56 Å². The van der Waals surface area contributed by atoms with Crippen LogP contribution < -0.4 is 11.2 Å². The lowest BCUT2D eigenvalue weighted by atomic mass is 10.1. The summed E-state index contributed by atoms with van der Waals surface area (Å²) in [5.41, 5.74) is -0.264. The fourth-order valence-electron chi connectivity index (χ4n) is 3.76. The second-order valence-corrected chi connectivity index (χ2v) is 7.24. The molecule has 3 rings (SSSR count). The molecule has 1 atom stereocenters. The molecule has 3 heterocycles. The van der Waals surface area contributed by atoms with E-state index in [2.05, 4.69) is 14.9 Å². The lowest BCUT2D eigenvalue weighted by Gasteiger charge is -2.31. The minimum atomic E-state index is -0.548. The molecule has 2 N–H and O–H groups in total. The molecule has 0 bridgehead atoms. The van der Waals surface area contributed by atoms with Gasteiger partial charge in [0, 0.05) is 37.5 Å². The lowest BCUT2D eigenvalue weighted by Crippen LogP contribution is -2.44. The molecule has 0 aliphatic carbocycles. The lowest BCUT2D eigenvalue weighted by molar-refractivity contribution is -0.131. The Kier molecular flexibility index (Phi) is 6.26. The van der Waals surface area contributed by atoms with Gasteiger partial charge in [0.15, 0.2) is 0 Å². The monoisotopic (exact) mass is 364 g/mol. The van der Waals surface area contributed by atoms with Crippen LogP contribution in [0.25, 0.3) is 0 Å². The summed E-state index contributed by atoms with van der Waals surface area (Å²) in [4.78, 5) is 45.0. The Bertz CT molecular complexity index is 735. The largest absolute Gasteiger partial charge is 0.375 e. The van der Waals surface area contributed by atoms with Crippen molar-refractivity contribution in [1.82, 2.24) is 19.8 Å². The second kappa shape index (κ2) is 8.64. The molecule has 26 heavy (non-hydrogen) atoms. The summed E-state index contributed by atoms with van der Waals surface area (Å²) in [5, 5.41) is 0. The molecule has 0 saturated carbocycles. The van der Waals surface area contributed by atoms with E-state index in [0.29, 0.717) is 31.0 Å². The smallest absolute Gasteiger partial charge is 0.325 e. The van der Waals surface area contributed by atoms with Crippen molar-refractivity contribution < 1.29 is 9.53 Å². The summed E-state index contributed by atoms with van der Waals surface area (Å²) >= 11 is 0. The molecule has 0 radical (unpaired) electrons. The normalized spacial score (nSPS) is 22.2. The molecular formula is C18H28N4O4. The van der Waals surface area contributed by atoms with E-state index >= 15 is 0 Å². The zero-order valence-electron chi connectivity index (χ0n) is 15.4. The minimum absolute atomic E-state index is 0.00557. The number of carbonyl (C=O) groups excluding carboxylic acids is 1. The molecule has 8 heteroatoms. The Morgan fingerprint density at radius 2 is 1.88 bits per heavy atom. The number of carbonyl (C=O) groups is 1. The molecule has 0 aromatic carbocycles. The predicted molar refractivity (Wildman–Crippen MR) is 97.4 cm³/mol. The van der Waals surface area contributed by atoms with E-state index < -0.39 is 11.2 Å². The number of aryl methyl sites for hydroxylation is 1. The molecule has 0 unspecified atom stereocenters. The highest BCUT2D eigenvalue weighted by Crippen LogP contribution is 2.14. The van der Waals surface area contributed by atoms with Gasteiger partial charge in [-0.1, -0.05) is 6.42 Å². The van der Waals surface area contributed by atoms with Crippen LogP contribution in [0.2, 0.25) is 0 Å². The molecule has 2 fully saturated rings. The third kappa shape index (κ3) is 4.82. The van der Waals surface area contributed by atoms with Crippen LogP contribution in [-0.2, 0) is 16.0 Å². The molecule has 1 aromatic heterocycles. The number of nitrogens with one attached hydrogen (secondary N) is 2. The van der Waals surface area contributed by atoms with Gasteiger partial charge in [0.2, 0.25) is 5.91 Å². The van der Waals surface area contributed by atoms with Crippen LogP contribution in [0, 0.1) is 6.92 Å². The predicted octanol–water partition coefficient (Wildman–Crippen LogP) is 0.0175. The Hall–Kier alpha value is -1.93. The number of aromatic amines is 2. The third-order valence-corrected chi connectivity index (χ3v) is 5.20. The molecular weight excluding hydrogens is 336 g/mol. The Morgan fingerprint density at radius 1 is 1.12 bits per heavy atom. The molecule has 0 spiro atoms. The number of hydrogen-bond donors (Lipinski definition) is 2. The maximum atomic E-state index is 12.8. The maximum absolute atomic E-state index is 12.8. The van der Waals surface area contributed by atoms with E-state index in [1.165, 1.54) is 19.3 Å². The van der Waals surface area contributed by atoms with E-state index in [1.54, 1.807) is 11.8 Å². The van der Waals surface area contributed by atoms with Crippen LogP contribution in [0.3, 0.4) is 0 Å². The highest BCUT2D eigenvalue weighted by molar-refractivity contribution is 5.79. The summed E-state index contributed by atoms with van der Waals surface area (Å²) in [7, 11) is 0. The van der Waals surface area contributed by atoms with Gasteiger partial charge in [-0.25, -0.2) is 4.79 Å². The Labute approximate surface area is 152 Å². The van der Waals surface area contributed by atoms with Crippen molar-refractivity contribution in [3.63, 3.8) is 0 Å². The highest BCUT2D eigenvalue weighted by atomic mass is 16.5. The number of piperidine rings is 1. The zero-order chi connectivity index (χ0) is 18.5. The van der Waals surface area contributed by atoms with Crippen LogP contribution >= 0.6 is 0 Å². The average Bonchev–Trinajstić information content (AvgIpc) is 2.84. The number of amides is 1. The Balaban J connectivity index is 1.64. The number of rotatable bonds is 4. The average molecular weight is 364 g/mol. The summed E-state index contributed by atoms with van der Waals surface area (Å²) < 4.78 is 5.95. The molecule has 8 nitrogen and oxygen atoms in total. The first-order valence-electron chi connectivity index (χ1n) is 9.47. The summed E-state index contributed by atoms with van der Waals surface area (Å²) in [6.07, 6.45) is 4.54. The van der Waals surface area contributed by atoms with Gasteiger partial charge in [-0.2, -0.15) is 0 Å². The second-order valence-electron chi connectivity index (χ2n) is 7.24. The number of H-pyrrole nitrogens is 2. The van der Waals surface area contributed by atoms with E-state index in [4.69, 9.17) is 4.74 Å². The molecule has 1 aromatic rings. The van der Waals surface area contributed by atoms with Crippen LogP contribution in [0.5, 0.6) is 0 Å². The fourth-order valence-corrected chi connectivity index (χ4v) is 3.76. The van der Waals surface area contributed by atoms with Crippen molar-refractivity contribution in [2.24, 2.45) is 0 Å². The quantitative estimate of drug-likeness (QED) is 0.785. The van der Waals surface area contributed by atoms with Crippen molar-refractivity contribution in [3.05, 3.63) is 32.1 Å². The summed E-state index contributed by atoms with van der Waals surface area (Å²) in [5.74, 6) is -0.0974. The maximum Gasteiger partial charge on any atom is 0.325 e. The van der Waals surface area contributed by atoms with Gasteiger partial charge in [0.05, 0.1) is 12.5 Å². The number of aromatic nitrogens is 2. The summed E-state index contributed by atoms with van der Waals surface area (Å²) in [6, 6.07) is 0. The molecule has 2 aliphatic heterocycles. The van der Waals surface area contributed by atoms with Crippen molar-refractivity contribution in [1.29, 1.82) is 0 Å². The standard InChI is InChI=1S/C18H28N4O4/c1-13-15(17(24)20-18(25)19-13)10-16(23)22-8-5-9-26-14(12-22)11-21-6-3-2-4-7-21/h14H,2-12H2,1H3,(H2,19,20,24,25)/t14-/m1/s1. The van der Waals surface area contributed by atoms with Gasteiger partial charge in [-0.3, -0.25) is 14.6 Å². The van der Waals surface area contributed by atoms with Crippen LogP contribution in [-0.4, -0.2) is 71.1 Å². The Morgan fingerprint density at radius 3 is 2.62 bits per heavy atom. The number of likely N-dealkylation sites (tertiary alicyclic amines) is 1. The van der Waals surface area contributed by atoms with E-state index in [0.717, 1.165) is 26.1 Å². The van der Waals surface area contributed by atoms with Gasteiger partial charge in [0.1, 0.15) is 0 Å². The van der Waals surface area contributed by atoms with Crippen molar-refractivity contribution in [3.8, 4) is 0 Å². The van der Waals surface area contributed by atoms with Crippen LogP contribution in [0.4, 0.5) is 0 Å². The first kappa shape index (κ1) is 18.8. The minimum Gasteiger partial charge on any atom is -0.375 e. The number of ether oxygens (including phenoxy) is 1. The van der Waals surface area contributed by atoms with Gasteiger partial charge >= 0.3 is 5.69 Å². The fraction of sp³-hybridized carbons (Fsp3) is 0.722. The van der Waals surface area contributed by atoms with Gasteiger partial charge in [-0.05, 0) is 39.3 Å². The highest BCUT2D eigenvalue weighted by Gasteiger charge is 2.26. The molecule has 1 amide bonds. The van der Waals surface area contributed by atoms with Gasteiger partial charge in [-0.15, -0.1) is 0 Å². The van der Waals surface area contributed by atoms with E-state index in [-0.39, 0.29) is 18.4 Å². The van der Waals surface area contributed by atoms with E-state index in [9.17, 15) is 14.4 Å². The first-order chi connectivity index (χ1) is 12.5. The van der Waals surface area contributed by atoms with Crippen molar-refractivity contribution in [2.75, 3.05) is 39.3 Å². The van der Waals surface area contributed by atoms with Crippen molar-refractivity contribution in [2.45, 2.75) is 45.1 Å². The first-order valence-corrected chi connectivity index (χ1v) is 9.47. The zero-order valence-corrected chi connectivity index (χ0v) is 15.4. The molecule has 144 valence electrons. The van der Waals surface area contributed by atoms with Crippen molar-refractivity contribution >= 4 is 5.91 Å². The SMILES string of the molecule is Cc1[nH]c(=O)[nH]c(=O)c1CC(=O)N1CCCO[C@H](CN2CCCCC2)C1. The summed E-state index contributed by atoms with van der Waals surface area (Å²) in [6.45, 7) is 6.53. The topological polar surface area (TPSA) is 98.5 Å². The van der Waals surface area contributed by atoms with Crippen LogP contribution in [0.1, 0.15) is 36.9 Å².